The zero-order valence-corrected chi connectivity index (χ0v) is 15.9. The molecule has 2 aromatic carbocycles. The normalized spacial score (nSPS) is 10.3. The first-order valence-electron chi connectivity index (χ1n) is 8.46. The Labute approximate surface area is 163 Å². The van der Waals surface area contributed by atoms with Gasteiger partial charge in [-0.15, -0.1) is 0 Å². The molecule has 1 heterocycles. The summed E-state index contributed by atoms with van der Waals surface area (Å²) in [6, 6.07) is 16.8. The summed E-state index contributed by atoms with van der Waals surface area (Å²) in [6.07, 6.45) is 1.59. The van der Waals surface area contributed by atoms with Gasteiger partial charge in [0.1, 0.15) is 11.4 Å². The number of benzene rings is 2. The number of ether oxygens (including phenoxy) is 1. The highest BCUT2D eigenvalue weighted by atomic mass is 35.5. The fourth-order valence-corrected chi connectivity index (χ4v) is 2.82. The molecule has 5 nitrogen and oxygen atoms in total. The summed E-state index contributed by atoms with van der Waals surface area (Å²) in [5.41, 5.74) is 3.85. The van der Waals surface area contributed by atoms with Gasteiger partial charge in [-0.2, -0.15) is 0 Å². The summed E-state index contributed by atoms with van der Waals surface area (Å²) in [4.78, 5) is 16.6. The molecule has 0 saturated carbocycles. The van der Waals surface area contributed by atoms with Crippen LogP contribution in [0, 0.1) is 6.92 Å². The van der Waals surface area contributed by atoms with Crippen molar-refractivity contribution in [3.8, 4) is 5.75 Å². The molecule has 3 aromatic rings. The minimum Gasteiger partial charge on any atom is -0.495 e. The molecule has 0 atom stereocenters. The SMILES string of the molecule is COc1ccc(C)cc1Nc1ccnc(C(=O)NCc2ccccc2Cl)c1. The zero-order valence-electron chi connectivity index (χ0n) is 15.1. The highest BCUT2D eigenvalue weighted by Gasteiger charge is 2.10. The first-order valence-corrected chi connectivity index (χ1v) is 8.84. The lowest BCUT2D eigenvalue weighted by Crippen LogP contribution is -2.24. The molecule has 138 valence electrons. The number of pyridine rings is 1. The average Bonchev–Trinajstić information content (AvgIpc) is 2.67. The lowest BCUT2D eigenvalue weighted by molar-refractivity contribution is 0.0946. The first-order chi connectivity index (χ1) is 13.1. The number of methoxy groups -OCH3 is 1. The maximum atomic E-state index is 12.4. The van der Waals surface area contributed by atoms with E-state index >= 15 is 0 Å². The van der Waals surface area contributed by atoms with Gasteiger partial charge in [0.05, 0.1) is 12.8 Å². The third-order valence-corrected chi connectivity index (χ3v) is 4.39. The van der Waals surface area contributed by atoms with E-state index in [1.165, 1.54) is 0 Å². The Morgan fingerprint density at radius 3 is 2.74 bits per heavy atom. The number of aryl methyl sites for hydroxylation is 1. The van der Waals surface area contributed by atoms with E-state index in [-0.39, 0.29) is 5.91 Å². The van der Waals surface area contributed by atoms with Crippen molar-refractivity contribution in [3.05, 3.63) is 82.6 Å². The number of halogens is 1. The van der Waals surface area contributed by atoms with E-state index in [9.17, 15) is 4.79 Å². The van der Waals surface area contributed by atoms with E-state index in [1.807, 2.05) is 43.3 Å². The van der Waals surface area contributed by atoms with Crippen molar-refractivity contribution in [1.29, 1.82) is 0 Å². The second kappa shape index (κ2) is 8.56. The zero-order chi connectivity index (χ0) is 19.2. The van der Waals surface area contributed by atoms with Gasteiger partial charge in [0.2, 0.25) is 0 Å². The van der Waals surface area contributed by atoms with Crippen molar-refractivity contribution >= 4 is 28.9 Å². The molecular weight excluding hydrogens is 362 g/mol. The molecule has 1 aromatic heterocycles. The number of hydrogen-bond donors (Lipinski definition) is 2. The molecule has 0 saturated heterocycles. The van der Waals surface area contributed by atoms with Crippen LogP contribution in [0.15, 0.2) is 60.8 Å². The van der Waals surface area contributed by atoms with Crippen molar-refractivity contribution in [2.75, 3.05) is 12.4 Å². The van der Waals surface area contributed by atoms with Crippen LogP contribution in [0.2, 0.25) is 5.02 Å². The molecule has 2 N–H and O–H groups in total. The smallest absolute Gasteiger partial charge is 0.270 e. The van der Waals surface area contributed by atoms with Crippen LogP contribution in [0.1, 0.15) is 21.6 Å². The first kappa shape index (κ1) is 18.7. The Kier molecular flexibility index (Phi) is 5.94. The molecule has 0 unspecified atom stereocenters. The predicted molar refractivity (Wildman–Crippen MR) is 108 cm³/mol. The predicted octanol–water partition coefficient (Wildman–Crippen LogP) is 4.73. The topological polar surface area (TPSA) is 63.2 Å². The molecule has 0 radical (unpaired) electrons. The van der Waals surface area contributed by atoms with Crippen LogP contribution in [-0.4, -0.2) is 18.0 Å². The molecule has 0 fully saturated rings. The molecule has 0 bridgehead atoms. The van der Waals surface area contributed by atoms with Crippen LogP contribution in [0.25, 0.3) is 0 Å². The van der Waals surface area contributed by atoms with Gasteiger partial charge in [-0.1, -0.05) is 35.9 Å². The number of carbonyl (C=O) groups excluding carboxylic acids is 1. The van der Waals surface area contributed by atoms with Gasteiger partial charge in [0.15, 0.2) is 0 Å². The summed E-state index contributed by atoms with van der Waals surface area (Å²) in [6.45, 7) is 2.34. The maximum absolute atomic E-state index is 12.4. The molecule has 27 heavy (non-hydrogen) atoms. The summed E-state index contributed by atoms with van der Waals surface area (Å²) in [5.74, 6) is 0.455. The second-order valence-corrected chi connectivity index (χ2v) is 6.44. The van der Waals surface area contributed by atoms with Crippen molar-refractivity contribution in [2.24, 2.45) is 0 Å². The fourth-order valence-electron chi connectivity index (χ4n) is 2.62. The molecule has 6 heteroatoms. The summed E-state index contributed by atoms with van der Waals surface area (Å²) in [7, 11) is 1.62. The van der Waals surface area contributed by atoms with Crippen molar-refractivity contribution < 1.29 is 9.53 Å². The van der Waals surface area contributed by atoms with Crippen LogP contribution in [0.3, 0.4) is 0 Å². The van der Waals surface area contributed by atoms with E-state index in [2.05, 4.69) is 15.6 Å². The van der Waals surface area contributed by atoms with Gasteiger partial charge in [0.25, 0.3) is 5.91 Å². The minimum atomic E-state index is -0.269. The molecule has 1 amide bonds. The van der Waals surface area contributed by atoms with E-state index < -0.39 is 0 Å². The Hall–Kier alpha value is -3.05. The number of carbonyl (C=O) groups is 1. The molecule has 0 aliphatic rings. The minimum absolute atomic E-state index is 0.269. The Morgan fingerprint density at radius 1 is 1.15 bits per heavy atom. The van der Waals surface area contributed by atoms with Crippen molar-refractivity contribution in [3.63, 3.8) is 0 Å². The van der Waals surface area contributed by atoms with Gasteiger partial charge in [-0.05, 0) is 48.4 Å². The molecule has 0 aliphatic heterocycles. The Bertz CT molecular complexity index is 960. The summed E-state index contributed by atoms with van der Waals surface area (Å²) < 4.78 is 5.38. The lowest BCUT2D eigenvalue weighted by Gasteiger charge is -2.13. The highest BCUT2D eigenvalue weighted by Crippen LogP contribution is 2.28. The number of aromatic nitrogens is 1. The lowest BCUT2D eigenvalue weighted by atomic mass is 10.2. The van der Waals surface area contributed by atoms with Gasteiger partial charge in [-0.25, -0.2) is 0 Å². The molecule has 0 spiro atoms. The van der Waals surface area contributed by atoms with Gasteiger partial charge >= 0.3 is 0 Å². The number of anilines is 2. The molecule has 0 aliphatic carbocycles. The van der Waals surface area contributed by atoms with Gasteiger partial charge < -0.3 is 15.4 Å². The van der Waals surface area contributed by atoms with Crippen molar-refractivity contribution in [1.82, 2.24) is 10.3 Å². The van der Waals surface area contributed by atoms with E-state index in [1.54, 1.807) is 31.5 Å². The van der Waals surface area contributed by atoms with Crippen LogP contribution >= 0.6 is 11.6 Å². The number of hydrogen-bond acceptors (Lipinski definition) is 4. The maximum Gasteiger partial charge on any atom is 0.270 e. The monoisotopic (exact) mass is 381 g/mol. The van der Waals surface area contributed by atoms with Crippen LogP contribution < -0.4 is 15.4 Å². The number of amides is 1. The van der Waals surface area contributed by atoms with Gasteiger partial charge in [0, 0.05) is 23.5 Å². The largest absolute Gasteiger partial charge is 0.495 e. The second-order valence-electron chi connectivity index (χ2n) is 6.03. The fraction of sp³-hybridized carbons (Fsp3) is 0.143. The van der Waals surface area contributed by atoms with Crippen molar-refractivity contribution in [2.45, 2.75) is 13.5 Å². The number of nitrogens with one attached hydrogen (secondary N) is 2. The van der Waals surface area contributed by atoms with E-state index in [0.717, 1.165) is 28.3 Å². The summed E-state index contributed by atoms with van der Waals surface area (Å²) >= 11 is 6.12. The molecule has 3 rings (SSSR count). The average molecular weight is 382 g/mol. The Balaban J connectivity index is 1.73. The van der Waals surface area contributed by atoms with E-state index in [4.69, 9.17) is 16.3 Å². The molecular formula is C21H20ClN3O2. The Morgan fingerprint density at radius 2 is 1.96 bits per heavy atom. The number of nitrogens with zero attached hydrogens (tertiary/aromatic N) is 1. The van der Waals surface area contributed by atoms with E-state index in [0.29, 0.717) is 17.3 Å². The standard InChI is InChI=1S/C21H20ClN3O2/c1-14-7-8-20(27-2)18(11-14)25-16-9-10-23-19(12-16)21(26)24-13-15-5-3-4-6-17(15)22/h3-12H,13H2,1-2H3,(H,23,25)(H,24,26). The summed E-state index contributed by atoms with van der Waals surface area (Å²) in [5, 5.41) is 6.74. The van der Waals surface area contributed by atoms with Crippen LogP contribution in [0.4, 0.5) is 11.4 Å². The van der Waals surface area contributed by atoms with Crippen LogP contribution in [0.5, 0.6) is 5.75 Å². The quantitative estimate of drug-likeness (QED) is 0.648. The third-order valence-electron chi connectivity index (χ3n) is 4.02. The van der Waals surface area contributed by atoms with Gasteiger partial charge in [-0.3, -0.25) is 9.78 Å². The third kappa shape index (κ3) is 4.77. The van der Waals surface area contributed by atoms with Crippen LogP contribution in [-0.2, 0) is 6.54 Å². The highest BCUT2D eigenvalue weighted by molar-refractivity contribution is 6.31. The number of rotatable bonds is 6.